The average molecular weight is 196 g/mol. The van der Waals surface area contributed by atoms with Gasteiger partial charge >= 0.3 is 0 Å². The first-order chi connectivity index (χ1) is 6.72. The molecule has 76 valence electrons. The predicted molar refractivity (Wildman–Crippen MR) is 53.6 cm³/mol. The number of anilines is 2. The summed E-state index contributed by atoms with van der Waals surface area (Å²) in [6.07, 6.45) is 0.542. The molecule has 0 aromatic heterocycles. The summed E-state index contributed by atoms with van der Waals surface area (Å²) in [5, 5.41) is 2.46. The fourth-order valence-corrected chi connectivity index (χ4v) is 1.10. The van der Waals surface area contributed by atoms with Gasteiger partial charge in [0.2, 0.25) is 6.41 Å². The van der Waals surface area contributed by atoms with E-state index < -0.39 is 0 Å². The number of nitrogens with two attached hydrogens (primary N) is 1. The van der Waals surface area contributed by atoms with E-state index in [1.165, 1.54) is 14.2 Å². The van der Waals surface area contributed by atoms with Crippen molar-refractivity contribution in [3.63, 3.8) is 0 Å². The summed E-state index contributed by atoms with van der Waals surface area (Å²) in [5.74, 6) is 1.05. The fourth-order valence-electron chi connectivity index (χ4n) is 1.10. The standard InChI is InChI=1S/C9H12N2O3/c1-13-6-3-7(10)9(11-5-12)8(4-6)14-2/h3-5H,10H2,1-2H3,(H,11,12). The van der Waals surface area contributed by atoms with Gasteiger partial charge in [-0.1, -0.05) is 0 Å². The van der Waals surface area contributed by atoms with Gasteiger partial charge in [0.25, 0.3) is 0 Å². The number of ether oxygens (including phenoxy) is 2. The number of amides is 1. The summed E-state index contributed by atoms with van der Waals surface area (Å²) in [6.45, 7) is 0. The SMILES string of the molecule is COc1cc(N)c(NC=O)c(OC)c1. The Hall–Kier alpha value is -1.91. The van der Waals surface area contributed by atoms with E-state index in [0.717, 1.165) is 0 Å². The summed E-state index contributed by atoms with van der Waals surface area (Å²) in [7, 11) is 3.02. The van der Waals surface area contributed by atoms with Crippen LogP contribution in [-0.2, 0) is 4.79 Å². The highest BCUT2D eigenvalue weighted by Crippen LogP contribution is 2.34. The van der Waals surface area contributed by atoms with Crippen LogP contribution >= 0.6 is 0 Å². The molecule has 0 heterocycles. The van der Waals surface area contributed by atoms with Crippen molar-refractivity contribution >= 4 is 17.8 Å². The van der Waals surface area contributed by atoms with Crippen LogP contribution in [0.4, 0.5) is 11.4 Å². The van der Waals surface area contributed by atoms with Crippen molar-refractivity contribution in [2.75, 3.05) is 25.3 Å². The van der Waals surface area contributed by atoms with Gasteiger partial charge < -0.3 is 20.5 Å². The molecular weight excluding hydrogens is 184 g/mol. The number of hydrogen-bond donors (Lipinski definition) is 2. The van der Waals surface area contributed by atoms with E-state index in [-0.39, 0.29) is 0 Å². The topological polar surface area (TPSA) is 73.6 Å². The first-order valence-corrected chi connectivity index (χ1v) is 3.94. The van der Waals surface area contributed by atoms with Crippen LogP contribution in [0, 0.1) is 0 Å². The zero-order valence-electron chi connectivity index (χ0n) is 8.03. The van der Waals surface area contributed by atoms with Gasteiger partial charge in [-0.25, -0.2) is 0 Å². The Morgan fingerprint density at radius 3 is 2.57 bits per heavy atom. The van der Waals surface area contributed by atoms with E-state index in [0.29, 0.717) is 29.3 Å². The maximum atomic E-state index is 10.3. The normalized spacial score (nSPS) is 9.29. The molecule has 0 bridgehead atoms. The van der Waals surface area contributed by atoms with Gasteiger partial charge in [0, 0.05) is 12.1 Å². The summed E-state index contributed by atoms with van der Waals surface area (Å²) in [6, 6.07) is 3.25. The Kier molecular flexibility index (Phi) is 3.17. The third-order valence-corrected chi connectivity index (χ3v) is 1.77. The molecule has 1 amide bonds. The van der Waals surface area contributed by atoms with Crippen LogP contribution < -0.4 is 20.5 Å². The first kappa shape index (κ1) is 10.2. The second-order valence-electron chi connectivity index (χ2n) is 2.56. The molecule has 0 radical (unpaired) electrons. The third kappa shape index (κ3) is 1.87. The van der Waals surface area contributed by atoms with Crippen molar-refractivity contribution in [1.29, 1.82) is 0 Å². The number of methoxy groups -OCH3 is 2. The molecule has 3 N–H and O–H groups in total. The number of rotatable bonds is 4. The Labute approximate surface area is 81.8 Å². The fraction of sp³-hybridized carbons (Fsp3) is 0.222. The minimum absolute atomic E-state index is 0.397. The molecule has 0 spiro atoms. The van der Waals surface area contributed by atoms with Crippen LogP contribution in [0.15, 0.2) is 12.1 Å². The quantitative estimate of drug-likeness (QED) is 0.553. The molecule has 0 aliphatic carbocycles. The van der Waals surface area contributed by atoms with Gasteiger partial charge in [0.1, 0.15) is 17.2 Å². The van der Waals surface area contributed by atoms with Crippen molar-refractivity contribution in [2.24, 2.45) is 0 Å². The molecule has 1 rings (SSSR count). The monoisotopic (exact) mass is 196 g/mol. The van der Waals surface area contributed by atoms with Crippen LogP contribution in [0.25, 0.3) is 0 Å². The molecule has 0 fully saturated rings. The van der Waals surface area contributed by atoms with E-state index in [2.05, 4.69) is 5.32 Å². The zero-order chi connectivity index (χ0) is 10.6. The lowest BCUT2D eigenvalue weighted by Crippen LogP contribution is -2.02. The van der Waals surface area contributed by atoms with Crippen LogP contribution in [0.5, 0.6) is 11.5 Å². The third-order valence-electron chi connectivity index (χ3n) is 1.77. The van der Waals surface area contributed by atoms with Gasteiger partial charge in [-0.15, -0.1) is 0 Å². The molecule has 1 aromatic rings. The zero-order valence-corrected chi connectivity index (χ0v) is 8.03. The number of benzene rings is 1. The number of carbonyl (C=O) groups excluding carboxylic acids is 1. The lowest BCUT2D eigenvalue weighted by atomic mass is 10.2. The minimum atomic E-state index is 0.397. The lowest BCUT2D eigenvalue weighted by Gasteiger charge is -2.11. The van der Waals surface area contributed by atoms with Crippen molar-refractivity contribution < 1.29 is 14.3 Å². The molecule has 0 unspecified atom stereocenters. The molecule has 0 saturated heterocycles. The second-order valence-corrected chi connectivity index (χ2v) is 2.56. The minimum Gasteiger partial charge on any atom is -0.497 e. The highest BCUT2D eigenvalue weighted by atomic mass is 16.5. The Balaban J connectivity index is 3.19. The molecule has 5 nitrogen and oxygen atoms in total. The Morgan fingerprint density at radius 2 is 2.07 bits per heavy atom. The van der Waals surface area contributed by atoms with Gasteiger partial charge in [-0.2, -0.15) is 0 Å². The van der Waals surface area contributed by atoms with Crippen molar-refractivity contribution in [3.05, 3.63) is 12.1 Å². The first-order valence-electron chi connectivity index (χ1n) is 3.94. The van der Waals surface area contributed by atoms with Crippen molar-refractivity contribution in [2.45, 2.75) is 0 Å². The van der Waals surface area contributed by atoms with Crippen LogP contribution in [0.3, 0.4) is 0 Å². The van der Waals surface area contributed by atoms with Crippen LogP contribution in [0.1, 0.15) is 0 Å². The molecule has 0 aliphatic heterocycles. The average Bonchev–Trinajstić information content (AvgIpc) is 2.20. The molecular formula is C9H12N2O3. The summed E-state index contributed by atoms with van der Waals surface area (Å²) < 4.78 is 10.0. The smallest absolute Gasteiger partial charge is 0.211 e. The highest BCUT2D eigenvalue weighted by molar-refractivity contribution is 5.85. The molecule has 0 atom stereocenters. The number of hydrogen-bond acceptors (Lipinski definition) is 4. The van der Waals surface area contributed by atoms with Crippen LogP contribution in [0.2, 0.25) is 0 Å². The van der Waals surface area contributed by atoms with E-state index >= 15 is 0 Å². The summed E-state index contributed by atoms with van der Waals surface area (Å²) in [4.78, 5) is 10.3. The van der Waals surface area contributed by atoms with Gasteiger partial charge in [0.05, 0.1) is 19.9 Å². The van der Waals surface area contributed by atoms with E-state index in [9.17, 15) is 4.79 Å². The maximum Gasteiger partial charge on any atom is 0.211 e. The maximum absolute atomic E-state index is 10.3. The molecule has 14 heavy (non-hydrogen) atoms. The summed E-state index contributed by atoms with van der Waals surface area (Å²) >= 11 is 0. The lowest BCUT2D eigenvalue weighted by molar-refractivity contribution is -0.105. The van der Waals surface area contributed by atoms with E-state index in [1.807, 2.05) is 0 Å². The Morgan fingerprint density at radius 1 is 1.36 bits per heavy atom. The molecule has 0 saturated carbocycles. The van der Waals surface area contributed by atoms with Crippen molar-refractivity contribution in [3.8, 4) is 11.5 Å². The summed E-state index contributed by atoms with van der Waals surface area (Å²) in [5.41, 5.74) is 6.52. The van der Waals surface area contributed by atoms with Gasteiger partial charge in [-0.05, 0) is 0 Å². The molecule has 0 aliphatic rings. The van der Waals surface area contributed by atoms with Gasteiger partial charge in [-0.3, -0.25) is 4.79 Å². The Bertz CT molecular complexity index is 339. The van der Waals surface area contributed by atoms with E-state index in [1.54, 1.807) is 12.1 Å². The number of carbonyl (C=O) groups is 1. The molecule has 5 heteroatoms. The highest BCUT2D eigenvalue weighted by Gasteiger charge is 2.08. The van der Waals surface area contributed by atoms with E-state index in [4.69, 9.17) is 15.2 Å². The molecule has 1 aromatic carbocycles. The largest absolute Gasteiger partial charge is 0.497 e. The number of nitrogen functional groups attached to an aromatic ring is 1. The van der Waals surface area contributed by atoms with Crippen LogP contribution in [-0.4, -0.2) is 20.6 Å². The second kappa shape index (κ2) is 4.36. The number of nitrogens with one attached hydrogen (secondary N) is 1. The predicted octanol–water partition coefficient (Wildman–Crippen LogP) is 0.854. The van der Waals surface area contributed by atoms with Crippen molar-refractivity contribution in [1.82, 2.24) is 0 Å². The van der Waals surface area contributed by atoms with Gasteiger partial charge in [0.15, 0.2) is 0 Å².